The Morgan fingerprint density at radius 2 is 1.48 bits per heavy atom. The molecule has 162 valence electrons. The maximum absolute atomic E-state index is 13.4. The van der Waals surface area contributed by atoms with E-state index in [0.29, 0.717) is 5.56 Å². The van der Waals surface area contributed by atoms with Gasteiger partial charge in [0.05, 0.1) is 7.11 Å². The van der Waals surface area contributed by atoms with Crippen LogP contribution in [0.4, 0.5) is 20.2 Å². The van der Waals surface area contributed by atoms with Crippen LogP contribution in [0.1, 0.15) is 15.9 Å². The van der Waals surface area contributed by atoms with Crippen molar-refractivity contribution in [2.24, 2.45) is 0 Å². The van der Waals surface area contributed by atoms with Crippen molar-refractivity contribution in [2.45, 2.75) is 6.92 Å². The van der Waals surface area contributed by atoms with E-state index in [1.54, 1.807) is 38.4 Å². The Bertz CT molecular complexity index is 998. The van der Waals surface area contributed by atoms with Crippen molar-refractivity contribution in [3.63, 3.8) is 0 Å². The Morgan fingerprint density at radius 3 is 2.00 bits per heavy atom. The van der Waals surface area contributed by atoms with Crippen LogP contribution in [0.25, 0.3) is 0 Å². The molecule has 0 aliphatic heterocycles. The van der Waals surface area contributed by atoms with Gasteiger partial charge in [0, 0.05) is 18.3 Å². The van der Waals surface area contributed by atoms with Crippen molar-refractivity contribution >= 4 is 23.4 Å². The highest BCUT2D eigenvalue weighted by atomic mass is 19.1. The molecule has 2 N–H and O–H groups in total. The second kappa shape index (κ2) is 13.2. The molecule has 3 rings (SSSR count). The Kier molecular flexibility index (Phi) is 10.7. The van der Waals surface area contributed by atoms with Gasteiger partial charge in [-0.2, -0.15) is 9.59 Å². The summed E-state index contributed by atoms with van der Waals surface area (Å²) < 4.78 is 31.8. The number of para-hydroxylation sites is 1. The number of anilines is 2. The lowest BCUT2D eigenvalue weighted by atomic mass is 10.2. The van der Waals surface area contributed by atoms with Crippen LogP contribution in [-0.4, -0.2) is 26.2 Å². The molecule has 0 aromatic heterocycles. The van der Waals surface area contributed by atoms with E-state index in [2.05, 4.69) is 17.6 Å². The van der Waals surface area contributed by atoms with Crippen LogP contribution in [0.3, 0.4) is 0 Å². The summed E-state index contributed by atoms with van der Waals surface area (Å²) in [4.78, 5) is 28.2. The van der Waals surface area contributed by atoms with Gasteiger partial charge in [0.1, 0.15) is 23.1 Å². The molecule has 0 atom stereocenters. The Hall–Kier alpha value is -4.03. The predicted molar refractivity (Wildman–Crippen MR) is 113 cm³/mol. The number of benzene rings is 3. The Balaban J connectivity index is 0.000000333. The van der Waals surface area contributed by atoms with E-state index >= 15 is 0 Å². The number of hydrogen-bond acceptors (Lipinski definition) is 5. The topological polar surface area (TPSA) is 84.5 Å². The third kappa shape index (κ3) is 8.47. The minimum atomic E-state index is -0.807. The van der Waals surface area contributed by atoms with E-state index < -0.39 is 23.2 Å². The van der Waals surface area contributed by atoms with Gasteiger partial charge < -0.3 is 15.4 Å². The number of hydrogen-bond donors (Lipinski definition) is 2. The van der Waals surface area contributed by atoms with Crippen LogP contribution < -0.4 is 15.4 Å². The quantitative estimate of drug-likeness (QED) is 0.630. The van der Waals surface area contributed by atoms with Gasteiger partial charge >= 0.3 is 6.15 Å². The molecular weight excluding hydrogens is 406 g/mol. The maximum Gasteiger partial charge on any atom is 0.373 e. The molecular formula is C23H22F2N2O4. The summed E-state index contributed by atoms with van der Waals surface area (Å²) in [5.74, 6) is -1.27. The normalized spacial score (nSPS) is 9.06. The minimum absolute atomic E-state index is 0.250. The van der Waals surface area contributed by atoms with Gasteiger partial charge in [-0.25, -0.2) is 8.78 Å². The Morgan fingerprint density at radius 1 is 0.935 bits per heavy atom. The van der Waals surface area contributed by atoms with E-state index in [-0.39, 0.29) is 6.15 Å². The molecule has 6 nitrogen and oxygen atoms in total. The molecule has 0 aliphatic carbocycles. The molecule has 1 amide bonds. The molecule has 0 radical (unpaired) electrons. The van der Waals surface area contributed by atoms with Gasteiger partial charge in [-0.15, -0.1) is 0 Å². The number of carbonyl (C=O) groups excluding carboxylic acids is 3. The average molecular weight is 428 g/mol. The third-order valence-electron chi connectivity index (χ3n) is 3.87. The summed E-state index contributed by atoms with van der Waals surface area (Å²) in [5, 5.41) is 5.11. The number of aryl methyl sites for hydroxylation is 1. The van der Waals surface area contributed by atoms with Gasteiger partial charge in [0.15, 0.2) is 0 Å². The lowest BCUT2D eigenvalue weighted by Crippen LogP contribution is -2.14. The summed E-state index contributed by atoms with van der Waals surface area (Å²) in [6.07, 6.45) is 0.250. The Labute approximate surface area is 178 Å². The molecule has 0 spiro atoms. The molecule has 3 aromatic rings. The van der Waals surface area contributed by atoms with Crippen LogP contribution in [0.5, 0.6) is 5.75 Å². The first-order chi connectivity index (χ1) is 14.9. The average Bonchev–Trinajstić information content (AvgIpc) is 2.78. The van der Waals surface area contributed by atoms with E-state index in [1.165, 1.54) is 11.6 Å². The summed E-state index contributed by atoms with van der Waals surface area (Å²) in [6, 6.07) is 18.0. The predicted octanol–water partition coefficient (Wildman–Crippen LogP) is 4.68. The largest absolute Gasteiger partial charge is 0.497 e. The van der Waals surface area contributed by atoms with E-state index in [4.69, 9.17) is 14.3 Å². The minimum Gasteiger partial charge on any atom is -0.497 e. The van der Waals surface area contributed by atoms with E-state index in [0.717, 1.165) is 23.6 Å². The van der Waals surface area contributed by atoms with Crippen LogP contribution in [0, 0.1) is 18.6 Å². The summed E-state index contributed by atoms with van der Waals surface area (Å²) in [5.41, 5.74) is 1.87. The molecule has 3 aromatic carbocycles. The SMILES string of the molecule is CNc1cccc(C(=O)Nc2c(F)cccc2F)c1.COc1ccc(C)cc1.O=C=O. The van der Waals surface area contributed by atoms with Crippen LogP contribution >= 0.6 is 0 Å². The highest BCUT2D eigenvalue weighted by Crippen LogP contribution is 2.19. The fourth-order valence-electron chi connectivity index (χ4n) is 2.29. The monoisotopic (exact) mass is 428 g/mol. The van der Waals surface area contributed by atoms with Crippen molar-refractivity contribution < 1.29 is 27.9 Å². The van der Waals surface area contributed by atoms with Crippen LogP contribution in [-0.2, 0) is 9.59 Å². The highest BCUT2D eigenvalue weighted by Gasteiger charge is 2.13. The lowest BCUT2D eigenvalue weighted by molar-refractivity contribution is -0.191. The second-order valence-corrected chi connectivity index (χ2v) is 5.98. The fourth-order valence-corrected chi connectivity index (χ4v) is 2.29. The zero-order valence-electron chi connectivity index (χ0n) is 17.2. The van der Waals surface area contributed by atoms with E-state index in [1.807, 2.05) is 24.3 Å². The first-order valence-corrected chi connectivity index (χ1v) is 8.99. The molecule has 0 heterocycles. The molecule has 0 fully saturated rings. The summed E-state index contributed by atoms with van der Waals surface area (Å²) in [6.45, 7) is 2.06. The van der Waals surface area contributed by atoms with Gasteiger partial charge in [-0.05, 0) is 49.4 Å². The molecule has 0 bridgehead atoms. The zero-order chi connectivity index (χ0) is 23.2. The standard InChI is InChI=1S/C14H12F2N2O.C8H10O.CO2/c1-17-10-5-2-4-9(8-10)14(19)18-13-11(15)6-3-7-12(13)16;1-7-3-5-8(9-2)6-4-7;2-1-3/h2-8,17H,1H3,(H,18,19);3-6H,1-2H3;. The van der Waals surface area contributed by atoms with Crippen molar-refractivity contribution in [1.82, 2.24) is 0 Å². The third-order valence-corrected chi connectivity index (χ3v) is 3.87. The second-order valence-electron chi connectivity index (χ2n) is 5.98. The number of rotatable bonds is 4. The molecule has 0 saturated heterocycles. The maximum atomic E-state index is 13.4. The first kappa shape index (κ1) is 25.0. The van der Waals surface area contributed by atoms with Crippen LogP contribution in [0.15, 0.2) is 66.7 Å². The van der Waals surface area contributed by atoms with Crippen LogP contribution in [0.2, 0.25) is 0 Å². The number of methoxy groups -OCH3 is 1. The molecule has 0 unspecified atom stereocenters. The fraction of sp³-hybridized carbons (Fsp3) is 0.130. The van der Waals surface area contributed by atoms with Gasteiger partial charge in [0.2, 0.25) is 0 Å². The zero-order valence-corrected chi connectivity index (χ0v) is 17.2. The van der Waals surface area contributed by atoms with Crippen molar-refractivity contribution in [1.29, 1.82) is 0 Å². The first-order valence-electron chi connectivity index (χ1n) is 8.99. The number of halogens is 2. The van der Waals surface area contributed by atoms with Gasteiger partial charge in [-0.1, -0.05) is 29.8 Å². The summed E-state index contributed by atoms with van der Waals surface area (Å²) in [7, 11) is 3.39. The number of nitrogens with one attached hydrogen (secondary N) is 2. The molecule has 0 aliphatic rings. The number of carbonyl (C=O) groups is 1. The molecule has 31 heavy (non-hydrogen) atoms. The molecule has 8 heteroatoms. The van der Waals surface area contributed by atoms with Gasteiger partial charge in [-0.3, -0.25) is 4.79 Å². The summed E-state index contributed by atoms with van der Waals surface area (Å²) >= 11 is 0. The lowest BCUT2D eigenvalue weighted by Gasteiger charge is -2.08. The highest BCUT2D eigenvalue weighted by molar-refractivity contribution is 6.04. The number of ether oxygens (including phenoxy) is 1. The number of amides is 1. The van der Waals surface area contributed by atoms with Crippen molar-refractivity contribution in [3.05, 3.63) is 89.5 Å². The van der Waals surface area contributed by atoms with Crippen molar-refractivity contribution in [2.75, 3.05) is 24.8 Å². The van der Waals surface area contributed by atoms with Crippen molar-refractivity contribution in [3.8, 4) is 5.75 Å². The van der Waals surface area contributed by atoms with Gasteiger partial charge in [0.25, 0.3) is 5.91 Å². The van der Waals surface area contributed by atoms with E-state index in [9.17, 15) is 13.6 Å². The smallest absolute Gasteiger partial charge is 0.373 e. The molecule has 0 saturated carbocycles.